The van der Waals surface area contributed by atoms with Gasteiger partial charge in [0.25, 0.3) is 5.91 Å². The number of benzene rings is 3. The summed E-state index contributed by atoms with van der Waals surface area (Å²) < 4.78 is 49.9. The van der Waals surface area contributed by atoms with E-state index in [1.54, 1.807) is 6.07 Å². The van der Waals surface area contributed by atoms with Gasteiger partial charge in [0.2, 0.25) is 0 Å². The molecule has 10 heteroatoms. The van der Waals surface area contributed by atoms with Crippen LogP contribution in [0.2, 0.25) is 0 Å². The molecule has 1 amide bonds. The summed E-state index contributed by atoms with van der Waals surface area (Å²) in [7, 11) is 0. The molecule has 3 aromatic carbocycles. The van der Waals surface area contributed by atoms with Crippen LogP contribution >= 0.6 is 22.6 Å². The molecule has 6 nitrogen and oxygen atoms in total. The number of nitrogens with one attached hydrogen (secondary N) is 2. The number of ether oxygens (including phenoxy) is 1. The van der Waals surface area contributed by atoms with Gasteiger partial charge in [0.15, 0.2) is 11.6 Å². The predicted molar refractivity (Wildman–Crippen MR) is 150 cm³/mol. The Hall–Kier alpha value is -2.67. The van der Waals surface area contributed by atoms with Gasteiger partial charge >= 0.3 is 0 Å². The van der Waals surface area contributed by atoms with E-state index in [2.05, 4.69) is 10.6 Å². The van der Waals surface area contributed by atoms with Crippen LogP contribution in [0.25, 0.3) is 0 Å². The lowest BCUT2D eigenvalue weighted by Crippen LogP contribution is -2.68. The monoisotopic (exact) mass is 651 g/mol. The predicted octanol–water partition coefficient (Wildman–Crippen LogP) is 5.37. The molecule has 5 rings (SSSR count). The van der Waals surface area contributed by atoms with E-state index in [4.69, 9.17) is 4.74 Å². The second-order valence-corrected chi connectivity index (χ2v) is 11.4. The van der Waals surface area contributed by atoms with Crippen molar-refractivity contribution in [3.63, 3.8) is 0 Å². The minimum Gasteiger partial charge on any atom is -0.385 e. The highest BCUT2D eigenvalue weighted by molar-refractivity contribution is 14.1. The first-order valence-corrected chi connectivity index (χ1v) is 13.9. The lowest BCUT2D eigenvalue weighted by atomic mass is 9.92. The Bertz CT molecular complexity index is 1340. The van der Waals surface area contributed by atoms with Crippen molar-refractivity contribution >= 4 is 39.9 Å². The van der Waals surface area contributed by atoms with Gasteiger partial charge in [0.05, 0.1) is 42.7 Å². The van der Waals surface area contributed by atoms with E-state index in [-0.39, 0.29) is 43.0 Å². The average molecular weight is 651 g/mol. The van der Waals surface area contributed by atoms with Gasteiger partial charge in [0, 0.05) is 16.2 Å². The van der Waals surface area contributed by atoms with E-state index in [9.17, 15) is 23.1 Å². The summed E-state index contributed by atoms with van der Waals surface area (Å²) in [6.45, 7) is 0.838. The summed E-state index contributed by atoms with van der Waals surface area (Å²) in [5, 5.41) is 16.9. The largest absolute Gasteiger partial charge is 0.385 e. The highest BCUT2D eigenvalue weighted by Gasteiger charge is 2.45. The van der Waals surface area contributed by atoms with Crippen LogP contribution in [-0.4, -0.2) is 53.3 Å². The van der Waals surface area contributed by atoms with Crippen LogP contribution in [0.15, 0.2) is 60.7 Å². The zero-order chi connectivity index (χ0) is 27.6. The molecule has 2 atom stereocenters. The smallest absolute Gasteiger partial charge is 0.256 e. The molecule has 1 saturated carbocycles. The highest BCUT2D eigenvalue weighted by atomic mass is 127. The normalized spacial score (nSPS) is 20.1. The zero-order valence-corrected chi connectivity index (χ0v) is 23.3. The van der Waals surface area contributed by atoms with Gasteiger partial charge < -0.3 is 25.4 Å². The summed E-state index contributed by atoms with van der Waals surface area (Å²) in [6.07, 6.45) is 2.91. The number of rotatable bonds is 9. The van der Waals surface area contributed by atoms with Crippen LogP contribution in [-0.2, 0) is 11.3 Å². The second kappa shape index (κ2) is 11.8. The van der Waals surface area contributed by atoms with Gasteiger partial charge in [-0.15, -0.1) is 0 Å². The number of likely N-dealkylation sites (tertiary alicyclic amines) is 1. The molecule has 1 aliphatic heterocycles. The van der Waals surface area contributed by atoms with Crippen LogP contribution in [0.4, 0.5) is 24.5 Å². The Morgan fingerprint density at radius 3 is 2.56 bits per heavy atom. The molecule has 0 bridgehead atoms. The maximum absolute atomic E-state index is 14.8. The molecule has 0 spiro atoms. The number of halogens is 4. The molecule has 1 heterocycles. The molecule has 3 aromatic rings. The van der Waals surface area contributed by atoms with E-state index >= 15 is 0 Å². The van der Waals surface area contributed by atoms with Crippen molar-refractivity contribution in [2.75, 3.05) is 25.0 Å². The zero-order valence-electron chi connectivity index (χ0n) is 21.1. The van der Waals surface area contributed by atoms with E-state index in [1.165, 1.54) is 17.0 Å². The van der Waals surface area contributed by atoms with Gasteiger partial charge in [-0.3, -0.25) is 4.79 Å². The summed E-state index contributed by atoms with van der Waals surface area (Å²) in [6, 6.07) is 16.3. The van der Waals surface area contributed by atoms with Crippen molar-refractivity contribution in [2.45, 2.75) is 43.6 Å². The van der Waals surface area contributed by atoms with E-state index < -0.39 is 34.6 Å². The topological polar surface area (TPSA) is 73.8 Å². The lowest BCUT2D eigenvalue weighted by molar-refractivity contribution is -0.0824. The molecular formula is C29H29F3IN3O3. The number of anilines is 2. The molecule has 2 unspecified atom stereocenters. The minimum atomic E-state index is -1.28. The van der Waals surface area contributed by atoms with Gasteiger partial charge in [0.1, 0.15) is 11.4 Å². The van der Waals surface area contributed by atoms with Crippen LogP contribution < -0.4 is 10.6 Å². The Labute approximate surface area is 238 Å². The fourth-order valence-corrected chi connectivity index (χ4v) is 5.58. The van der Waals surface area contributed by atoms with E-state index in [0.29, 0.717) is 10.2 Å². The maximum atomic E-state index is 14.8. The Morgan fingerprint density at radius 2 is 1.82 bits per heavy atom. The van der Waals surface area contributed by atoms with Crippen molar-refractivity contribution in [1.82, 2.24) is 10.2 Å². The first-order chi connectivity index (χ1) is 18.7. The average Bonchev–Trinajstić information content (AvgIpc) is 3.36. The highest BCUT2D eigenvalue weighted by Crippen LogP contribution is 2.32. The third kappa shape index (κ3) is 6.40. The van der Waals surface area contributed by atoms with Crippen molar-refractivity contribution in [2.24, 2.45) is 0 Å². The first-order valence-electron chi connectivity index (χ1n) is 12.8. The summed E-state index contributed by atoms with van der Waals surface area (Å²) in [4.78, 5) is 14.6. The second-order valence-electron chi connectivity index (χ2n) is 10.2. The van der Waals surface area contributed by atoms with Crippen LogP contribution in [0, 0.1) is 21.0 Å². The quantitative estimate of drug-likeness (QED) is 0.272. The number of hydrogen-bond donors (Lipinski definition) is 3. The molecule has 206 valence electrons. The van der Waals surface area contributed by atoms with Crippen LogP contribution in [0.5, 0.6) is 0 Å². The maximum Gasteiger partial charge on any atom is 0.256 e. The van der Waals surface area contributed by atoms with E-state index in [0.717, 1.165) is 37.0 Å². The number of amides is 1. The SMILES string of the molecule is O=C(c1ccc(F)c(F)c1Nc1ccc(I)cc1F)N1CC(O)(CNC2CCCC2OCc2ccccc2)C1. The Balaban J connectivity index is 1.19. The number of carbonyl (C=O) groups excluding carboxylic acids is 1. The van der Waals surface area contributed by atoms with Crippen molar-refractivity contribution in [3.8, 4) is 0 Å². The molecular weight excluding hydrogens is 622 g/mol. The van der Waals surface area contributed by atoms with Gasteiger partial charge in [-0.2, -0.15) is 0 Å². The summed E-state index contributed by atoms with van der Waals surface area (Å²) in [5.74, 6) is -3.69. The number of β-amino-alcohol motifs (C(OH)–C–C–N with tert-alkyl or cyclic N) is 1. The molecule has 3 N–H and O–H groups in total. The van der Waals surface area contributed by atoms with Crippen LogP contribution in [0.3, 0.4) is 0 Å². The number of nitrogens with zero attached hydrogens (tertiary/aromatic N) is 1. The summed E-state index contributed by atoms with van der Waals surface area (Å²) >= 11 is 1.93. The fourth-order valence-electron chi connectivity index (χ4n) is 5.12. The molecule has 0 aromatic heterocycles. The van der Waals surface area contributed by atoms with Gasteiger partial charge in [-0.25, -0.2) is 13.2 Å². The standard InChI is InChI=1S/C29H29F3IN3O3/c30-21-11-10-20(27(26(21)32)35-23-12-9-19(33)13-22(23)31)28(37)36-16-29(38,17-36)15-34-24-7-4-8-25(24)39-14-18-5-2-1-3-6-18/h1-3,5-6,9-13,24-25,34-35,38H,4,7-8,14-17H2. The minimum absolute atomic E-state index is 0.0252. The van der Waals surface area contributed by atoms with Crippen molar-refractivity contribution in [3.05, 3.63) is 92.8 Å². The Morgan fingerprint density at radius 1 is 1.05 bits per heavy atom. The van der Waals surface area contributed by atoms with Gasteiger partial charge in [-0.1, -0.05) is 30.3 Å². The molecule has 1 aliphatic carbocycles. The molecule has 39 heavy (non-hydrogen) atoms. The lowest BCUT2D eigenvalue weighted by Gasteiger charge is -2.47. The summed E-state index contributed by atoms with van der Waals surface area (Å²) in [5.41, 5.74) is -0.730. The van der Waals surface area contributed by atoms with Crippen LogP contribution in [0.1, 0.15) is 35.2 Å². The molecule has 0 radical (unpaired) electrons. The molecule has 2 aliphatic rings. The fraction of sp³-hybridized carbons (Fsp3) is 0.345. The van der Waals surface area contributed by atoms with E-state index in [1.807, 2.05) is 52.9 Å². The van der Waals surface area contributed by atoms with Crippen molar-refractivity contribution in [1.29, 1.82) is 0 Å². The first kappa shape index (κ1) is 27.9. The van der Waals surface area contributed by atoms with Crippen molar-refractivity contribution < 1.29 is 27.8 Å². The molecule has 1 saturated heterocycles. The third-order valence-corrected chi connectivity index (χ3v) is 7.90. The number of carbonyl (C=O) groups is 1. The Kier molecular flexibility index (Phi) is 8.46. The third-order valence-electron chi connectivity index (χ3n) is 7.23. The number of aliphatic hydroxyl groups is 1. The number of hydrogen-bond acceptors (Lipinski definition) is 5. The molecule has 2 fully saturated rings. The van der Waals surface area contributed by atoms with Gasteiger partial charge in [-0.05, 0) is 77.7 Å².